The molecule has 0 bridgehead atoms. The number of hydrogen-bond donors (Lipinski definition) is 0. The molecule has 104 valence electrons. The summed E-state index contributed by atoms with van der Waals surface area (Å²) in [5.74, 6) is 1.48. The second-order valence-electron chi connectivity index (χ2n) is 4.43. The van der Waals surface area contributed by atoms with Crippen LogP contribution in [-0.4, -0.2) is 13.2 Å². The van der Waals surface area contributed by atoms with E-state index in [0.29, 0.717) is 18.2 Å². The summed E-state index contributed by atoms with van der Waals surface area (Å²) in [6.07, 6.45) is 0. The fourth-order valence-corrected chi connectivity index (χ4v) is 3.27. The Hall–Kier alpha value is -0.900. The molecule has 2 aromatic carbocycles. The van der Waals surface area contributed by atoms with E-state index in [9.17, 15) is 0 Å². The molecule has 1 aliphatic heterocycles. The highest BCUT2D eigenvalue weighted by Gasteiger charge is 2.18. The largest absolute Gasteiger partial charge is 0.486 e. The van der Waals surface area contributed by atoms with E-state index in [1.165, 1.54) is 0 Å². The maximum atomic E-state index is 6.54. The molecular weight excluding hydrogens is 363 g/mol. The Labute approximate surface area is 135 Å². The van der Waals surface area contributed by atoms with Crippen molar-refractivity contribution in [3.05, 3.63) is 57.0 Å². The highest BCUT2D eigenvalue weighted by Crippen LogP contribution is 2.39. The molecule has 1 atom stereocenters. The molecule has 0 saturated carbocycles. The van der Waals surface area contributed by atoms with Crippen LogP contribution in [0.5, 0.6) is 11.5 Å². The van der Waals surface area contributed by atoms with Crippen molar-refractivity contribution >= 4 is 39.1 Å². The Morgan fingerprint density at radius 2 is 1.75 bits per heavy atom. The van der Waals surface area contributed by atoms with Gasteiger partial charge in [0.2, 0.25) is 0 Å². The fourth-order valence-electron chi connectivity index (χ4n) is 2.10. The van der Waals surface area contributed by atoms with Crippen molar-refractivity contribution in [2.75, 3.05) is 13.2 Å². The van der Waals surface area contributed by atoms with Gasteiger partial charge in [-0.25, -0.2) is 0 Å². The van der Waals surface area contributed by atoms with Crippen molar-refractivity contribution < 1.29 is 9.47 Å². The Kier molecular flexibility index (Phi) is 4.11. The first kappa shape index (κ1) is 14.1. The van der Waals surface area contributed by atoms with Gasteiger partial charge in [-0.2, -0.15) is 0 Å². The summed E-state index contributed by atoms with van der Waals surface area (Å²) in [7, 11) is 0. The van der Waals surface area contributed by atoms with Crippen LogP contribution in [0, 0.1) is 0 Å². The van der Waals surface area contributed by atoms with Gasteiger partial charge >= 0.3 is 0 Å². The van der Waals surface area contributed by atoms with Crippen LogP contribution in [0.1, 0.15) is 16.5 Å². The molecular formula is C15H11BrCl2O2. The predicted octanol–water partition coefficient (Wildman–Crippen LogP) is 5.20. The van der Waals surface area contributed by atoms with E-state index >= 15 is 0 Å². The van der Waals surface area contributed by atoms with Crippen molar-refractivity contribution in [1.29, 1.82) is 0 Å². The first-order valence-electron chi connectivity index (χ1n) is 6.14. The molecule has 0 radical (unpaired) electrons. The Morgan fingerprint density at radius 1 is 1.00 bits per heavy atom. The summed E-state index contributed by atoms with van der Waals surface area (Å²) in [4.78, 5) is 0. The zero-order valence-electron chi connectivity index (χ0n) is 10.4. The Bertz CT molecular complexity index is 646. The van der Waals surface area contributed by atoms with Crippen LogP contribution in [0.3, 0.4) is 0 Å². The number of hydrogen-bond acceptors (Lipinski definition) is 2. The van der Waals surface area contributed by atoms with E-state index in [1.807, 2.05) is 36.4 Å². The average molecular weight is 374 g/mol. The van der Waals surface area contributed by atoms with E-state index in [0.717, 1.165) is 27.1 Å². The molecule has 3 rings (SSSR count). The van der Waals surface area contributed by atoms with Gasteiger partial charge in [-0.05, 0) is 35.4 Å². The van der Waals surface area contributed by atoms with Gasteiger partial charge in [-0.1, -0.05) is 39.7 Å². The number of benzene rings is 2. The molecule has 0 aromatic heterocycles. The van der Waals surface area contributed by atoms with Crippen molar-refractivity contribution in [2.24, 2.45) is 0 Å². The first-order chi connectivity index (χ1) is 9.65. The second kappa shape index (κ2) is 5.84. The van der Waals surface area contributed by atoms with Gasteiger partial charge in [0.25, 0.3) is 0 Å². The third kappa shape index (κ3) is 2.76. The minimum atomic E-state index is -0.327. The summed E-state index contributed by atoms with van der Waals surface area (Å²) < 4.78 is 12.0. The number of halogens is 3. The molecule has 0 aliphatic carbocycles. The number of rotatable bonds is 2. The van der Waals surface area contributed by atoms with Crippen LogP contribution >= 0.6 is 39.1 Å². The summed E-state index contributed by atoms with van der Waals surface area (Å²) >= 11 is 16.2. The molecule has 0 spiro atoms. The molecule has 0 saturated heterocycles. The van der Waals surface area contributed by atoms with Crippen LogP contribution in [0.2, 0.25) is 5.02 Å². The van der Waals surface area contributed by atoms with Gasteiger partial charge in [0.15, 0.2) is 11.5 Å². The van der Waals surface area contributed by atoms with Gasteiger partial charge in [-0.3, -0.25) is 0 Å². The van der Waals surface area contributed by atoms with Crippen molar-refractivity contribution in [2.45, 2.75) is 5.38 Å². The lowest BCUT2D eigenvalue weighted by atomic mass is 10.0. The van der Waals surface area contributed by atoms with Crippen LogP contribution in [-0.2, 0) is 0 Å². The van der Waals surface area contributed by atoms with E-state index in [2.05, 4.69) is 15.9 Å². The molecule has 2 aromatic rings. The average Bonchev–Trinajstić information content (AvgIpc) is 2.46. The number of alkyl halides is 1. The number of fused-ring (bicyclic) bond motifs is 1. The second-order valence-corrected chi connectivity index (χ2v) is 6.19. The fraction of sp³-hybridized carbons (Fsp3) is 0.200. The van der Waals surface area contributed by atoms with Crippen LogP contribution < -0.4 is 9.47 Å². The standard InChI is InChI=1S/C15H11BrCl2O2/c16-10-2-3-11(12(17)8-10)15(18)9-1-4-13-14(7-9)20-6-5-19-13/h1-4,7-8,15H,5-6H2. The highest BCUT2D eigenvalue weighted by molar-refractivity contribution is 9.10. The van der Waals surface area contributed by atoms with Gasteiger partial charge < -0.3 is 9.47 Å². The summed E-state index contributed by atoms with van der Waals surface area (Å²) in [5.41, 5.74) is 1.80. The highest BCUT2D eigenvalue weighted by atomic mass is 79.9. The topological polar surface area (TPSA) is 18.5 Å². The SMILES string of the molecule is Clc1cc(Br)ccc1C(Cl)c1ccc2c(c1)OCCO2. The summed E-state index contributed by atoms with van der Waals surface area (Å²) in [5, 5.41) is 0.306. The third-order valence-corrected chi connectivity index (χ3v) is 4.40. The molecule has 5 heteroatoms. The lowest BCUT2D eigenvalue weighted by Crippen LogP contribution is -2.15. The minimum Gasteiger partial charge on any atom is -0.486 e. The monoisotopic (exact) mass is 372 g/mol. The molecule has 2 nitrogen and oxygen atoms in total. The smallest absolute Gasteiger partial charge is 0.161 e. The molecule has 0 fully saturated rings. The Morgan fingerprint density at radius 3 is 2.50 bits per heavy atom. The zero-order chi connectivity index (χ0) is 14.1. The molecule has 1 heterocycles. The minimum absolute atomic E-state index is 0.327. The quantitative estimate of drug-likeness (QED) is 0.673. The summed E-state index contributed by atoms with van der Waals surface area (Å²) in [6.45, 7) is 1.14. The molecule has 0 N–H and O–H groups in total. The van der Waals surface area contributed by atoms with Gasteiger partial charge in [0.1, 0.15) is 13.2 Å². The third-order valence-electron chi connectivity index (χ3n) is 3.09. The van der Waals surface area contributed by atoms with E-state index in [-0.39, 0.29) is 5.38 Å². The van der Waals surface area contributed by atoms with Gasteiger partial charge in [0, 0.05) is 9.50 Å². The van der Waals surface area contributed by atoms with Crippen LogP contribution in [0.15, 0.2) is 40.9 Å². The van der Waals surface area contributed by atoms with Crippen molar-refractivity contribution in [1.82, 2.24) is 0 Å². The normalized spacial score (nSPS) is 14.9. The predicted molar refractivity (Wildman–Crippen MR) is 84.3 cm³/mol. The van der Waals surface area contributed by atoms with Crippen molar-refractivity contribution in [3.63, 3.8) is 0 Å². The summed E-state index contributed by atoms with van der Waals surface area (Å²) in [6, 6.07) is 11.4. The zero-order valence-corrected chi connectivity index (χ0v) is 13.5. The van der Waals surface area contributed by atoms with Crippen LogP contribution in [0.25, 0.3) is 0 Å². The van der Waals surface area contributed by atoms with Gasteiger partial charge in [-0.15, -0.1) is 11.6 Å². The van der Waals surface area contributed by atoms with Crippen LogP contribution in [0.4, 0.5) is 0 Å². The van der Waals surface area contributed by atoms with E-state index in [4.69, 9.17) is 32.7 Å². The van der Waals surface area contributed by atoms with E-state index in [1.54, 1.807) is 0 Å². The van der Waals surface area contributed by atoms with E-state index < -0.39 is 0 Å². The molecule has 0 amide bonds. The van der Waals surface area contributed by atoms with Crippen molar-refractivity contribution in [3.8, 4) is 11.5 Å². The Balaban J connectivity index is 1.95. The molecule has 20 heavy (non-hydrogen) atoms. The first-order valence-corrected chi connectivity index (χ1v) is 7.74. The lowest BCUT2D eigenvalue weighted by Gasteiger charge is -2.20. The lowest BCUT2D eigenvalue weighted by molar-refractivity contribution is 0.171. The maximum absolute atomic E-state index is 6.54. The molecule has 1 unspecified atom stereocenters. The number of ether oxygens (including phenoxy) is 2. The van der Waals surface area contributed by atoms with Gasteiger partial charge in [0.05, 0.1) is 5.38 Å². The maximum Gasteiger partial charge on any atom is 0.161 e. The molecule has 1 aliphatic rings.